The number of ether oxygens (including phenoxy) is 1. The van der Waals surface area contributed by atoms with E-state index in [1.165, 1.54) is 11.1 Å². The molecular formula is C24H28N2O3. The largest absolute Gasteiger partial charge is 0.497 e. The third kappa shape index (κ3) is 4.44. The van der Waals surface area contributed by atoms with Crippen molar-refractivity contribution >= 4 is 17.5 Å². The summed E-state index contributed by atoms with van der Waals surface area (Å²) in [6, 6.07) is 15.8. The smallest absolute Gasteiger partial charge is 0.227 e. The van der Waals surface area contributed by atoms with Crippen molar-refractivity contribution in [1.82, 2.24) is 4.90 Å². The molecule has 29 heavy (non-hydrogen) atoms. The van der Waals surface area contributed by atoms with Gasteiger partial charge in [-0.15, -0.1) is 0 Å². The molecule has 2 aromatic rings. The zero-order valence-electron chi connectivity index (χ0n) is 16.9. The maximum Gasteiger partial charge on any atom is 0.227 e. The molecule has 1 aliphatic carbocycles. The minimum absolute atomic E-state index is 0.0349. The van der Waals surface area contributed by atoms with Crippen molar-refractivity contribution in [2.24, 2.45) is 11.8 Å². The molecule has 0 bridgehead atoms. The van der Waals surface area contributed by atoms with Crippen molar-refractivity contribution in [3.8, 4) is 5.75 Å². The van der Waals surface area contributed by atoms with Crippen LogP contribution in [0, 0.1) is 11.8 Å². The summed E-state index contributed by atoms with van der Waals surface area (Å²) in [5.74, 6) is 1.02. The number of carbonyl (C=O) groups excluding carboxylic acids is 2. The lowest BCUT2D eigenvalue weighted by molar-refractivity contribution is -0.138. The Bertz CT molecular complexity index is 887. The fourth-order valence-electron chi connectivity index (χ4n) is 4.49. The summed E-state index contributed by atoms with van der Waals surface area (Å²) in [4.78, 5) is 27.7. The van der Waals surface area contributed by atoms with Crippen molar-refractivity contribution in [2.45, 2.75) is 38.6 Å². The lowest BCUT2D eigenvalue weighted by Gasteiger charge is -2.34. The van der Waals surface area contributed by atoms with Gasteiger partial charge in [-0.1, -0.05) is 30.3 Å². The van der Waals surface area contributed by atoms with E-state index in [9.17, 15) is 9.59 Å². The van der Waals surface area contributed by atoms with Gasteiger partial charge < -0.3 is 15.0 Å². The predicted octanol–water partition coefficient (Wildman–Crippen LogP) is 4.03. The Hall–Kier alpha value is -2.82. The van der Waals surface area contributed by atoms with Crippen LogP contribution in [-0.4, -0.2) is 30.4 Å². The highest BCUT2D eigenvalue weighted by molar-refractivity contribution is 5.93. The molecule has 1 fully saturated rings. The zero-order valence-corrected chi connectivity index (χ0v) is 16.9. The molecule has 5 heteroatoms. The summed E-state index contributed by atoms with van der Waals surface area (Å²) in [5, 5.41) is 2.99. The molecule has 0 saturated heterocycles. The highest BCUT2D eigenvalue weighted by Gasteiger charge is 2.33. The highest BCUT2D eigenvalue weighted by atomic mass is 16.5. The molecule has 0 atom stereocenters. The first kappa shape index (κ1) is 19.5. The molecule has 1 N–H and O–H groups in total. The minimum Gasteiger partial charge on any atom is -0.497 e. The van der Waals surface area contributed by atoms with Gasteiger partial charge in [-0.3, -0.25) is 9.59 Å². The van der Waals surface area contributed by atoms with Crippen LogP contribution in [0.3, 0.4) is 0 Å². The molecule has 1 saturated carbocycles. The van der Waals surface area contributed by atoms with E-state index in [4.69, 9.17) is 4.74 Å². The summed E-state index contributed by atoms with van der Waals surface area (Å²) >= 11 is 0. The van der Waals surface area contributed by atoms with Crippen molar-refractivity contribution in [1.29, 1.82) is 0 Å². The predicted molar refractivity (Wildman–Crippen MR) is 113 cm³/mol. The van der Waals surface area contributed by atoms with E-state index in [0.29, 0.717) is 6.54 Å². The second-order valence-corrected chi connectivity index (χ2v) is 8.05. The van der Waals surface area contributed by atoms with E-state index >= 15 is 0 Å². The first-order valence-electron chi connectivity index (χ1n) is 10.4. The molecule has 0 spiro atoms. The molecule has 0 radical (unpaired) electrons. The van der Waals surface area contributed by atoms with E-state index in [2.05, 4.69) is 23.5 Å². The third-order valence-electron chi connectivity index (χ3n) is 6.23. The van der Waals surface area contributed by atoms with E-state index in [-0.39, 0.29) is 23.7 Å². The normalized spacial score (nSPS) is 21.2. The van der Waals surface area contributed by atoms with Crippen LogP contribution in [0.5, 0.6) is 5.75 Å². The average molecular weight is 392 g/mol. The molecule has 2 aromatic carbocycles. The molecule has 2 amide bonds. The van der Waals surface area contributed by atoms with Crippen molar-refractivity contribution in [2.75, 3.05) is 19.0 Å². The van der Waals surface area contributed by atoms with Crippen LogP contribution in [0.1, 0.15) is 36.8 Å². The summed E-state index contributed by atoms with van der Waals surface area (Å²) in [6.07, 6.45) is 4.02. The fourth-order valence-corrected chi connectivity index (χ4v) is 4.49. The molecule has 0 aromatic heterocycles. The topological polar surface area (TPSA) is 58.6 Å². The first-order chi connectivity index (χ1) is 14.1. The molecular weight excluding hydrogens is 364 g/mol. The number of methoxy groups -OCH3 is 1. The molecule has 0 unspecified atom stereocenters. The number of hydrogen-bond acceptors (Lipinski definition) is 3. The van der Waals surface area contributed by atoms with Gasteiger partial charge in [0.05, 0.1) is 7.11 Å². The van der Waals surface area contributed by atoms with Crippen LogP contribution < -0.4 is 10.1 Å². The Morgan fingerprint density at radius 1 is 0.966 bits per heavy atom. The van der Waals surface area contributed by atoms with Crippen molar-refractivity contribution in [3.05, 3.63) is 59.7 Å². The maximum absolute atomic E-state index is 13.0. The number of rotatable bonds is 4. The molecule has 152 valence electrons. The van der Waals surface area contributed by atoms with Gasteiger partial charge in [0.15, 0.2) is 0 Å². The Morgan fingerprint density at radius 3 is 2.45 bits per heavy atom. The van der Waals surface area contributed by atoms with Gasteiger partial charge in [0.25, 0.3) is 0 Å². The number of carbonyl (C=O) groups is 2. The van der Waals surface area contributed by atoms with Crippen LogP contribution in [0.25, 0.3) is 0 Å². The van der Waals surface area contributed by atoms with Gasteiger partial charge >= 0.3 is 0 Å². The van der Waals surface area contributed by atoms with Crippen LogP contribution >= 0.6 is 0 Å². The fraction of sp³-hybridized carbons (Fsp3) is 0.417. The monoisotopic (exact) mass is 392 g/mol. The third-order valence-corrected chi connectivity index (χ3v) is 6.23. The summed E-state index contributed by atoms with van der Waals surface area (Å²) in [5.41, 5.74) is 3.37. The van der Waals surface area contributed by atoms with Crippen molar-refractivity contribution in [3.63, 3.8) is 0 Å². The lowest BCUT2D eigenvalue weighted by Crippen LogP contribution is -2.41. The van der Waals surface area contributed by atoms with Crippen LogP contribution in [-0.2, 0) is 22.6 Å². The van der Waals surface area contributed by atoms with Crippen LogP contribution in [0.4, 0.5) is 5.69 Å². The van der Waals surface area contributed by atoms with Gasteiger partial charge in [0, 0.05) is 36.7 Å². The minimum atomic E-state index is -0.0349. The second kappa shape index (κ2) is 8.68. The van der Waals surface area contributed by atoms with Crippen LogP contribution in [0.15, 0.2) is 48.5 Å². The standard InChI is InChI=1S/C24H28N2O3/c1-29-22-8-4-7-21(15-22)25-23(27)18-9-11-19(12-10-18)24(28)26-14-13-17-5-2-3-6-20(17)16-26/h2-8,15,18-19H,9-14,16H2,1H3,(H,25,27). The van der Waals surface area contributed by atoms with Crippen molar-refractivity contribution < 1.29 is 14.3 Å². The number of amides is 2. The maximum atomic E-state index is 13.0. The van der Waals surface area contributed by atoms with E-state index in [0.717, 1.165) is 50.1 Å². The average Bonchev–Trinajstić information content (AvgIpc) is 2.78. The van der Waals surface area contributed by atoms with Gasteiger partial charge in [-0.05, 0) is 55.4 Å². The molecule has 1 heterocycles. The van der Waals surface area contributed by atoms with Gasteiger partial charge in [0.1, 0.15) is 5.75 Å². The quantitative estimate of drug-likeness (QED) is 0.855. The number of hydrogen-bond donors (Lipinski definition) is 1. The van der Waals surface area contributed by atoms with E-state index in [1.54, 1.807) is 7.11 Å². The number of nitrogens with zero attached hydrogens (tertiary/aromatic N) is 1. The molecule has 2 aliphatic rings. The lowest BCUT2D eigenvalue weighted by atomic mass is 9.80. The number of fused-ring (bicyclic) bond motifs is 1. The number of benzene rings is 2. The number of anilines is 1. The Labute approximate surface area is 172 Å². The highest BCUT2D eigenvalue weighted by Crippen LogP contribution is 2.32. The summed E-state index contributed by atoms with van der Waals surface area (Å²) in [7, 11) is 1.61. The first-order valence-corrected chi connectivity index (χ1v) is 10.4. The van der Waals surface area contributed by atoms with Gasteiger partial charge in [-0.2, -0.15) is 0 Å². The Kier molecular flexibility index (Phi) is 5.84. The summed E-state index contributed by atoms with van der Waals surface area (Å²) < 4.78 is 5.21. The molecule has 1 aliphatic heterocycles. The SMILES string of the molecule is COc1cccc(NC(=O)C2CCC(C(=O)N3CCc4ccccc4C3)CC2)c1. The van der Waals surface area contributed by atoms with Crippen LogP contribution in [0.2, 0.25) is 0 Å². The zero-order chi connectivity index (χ0) is 20.2. The Balaban J connectivity index is 1.30. The second-order valence-electron chi connectivity index (χ2n) is 8.05. The van der Waals surface area contributed by atoms with E-state index in [1.807, 2.05) is 35.2 Å². The number of nitrogens with one attached hydrogen (secondary N) is 1. The molecule has 4 rings (SSSR count). The van der Waals surface area contributed by atoms with E-state index < -0.39 is 0 Å². The van der Waals surface area contributed by atoms with Gasteiger partial charge in [-0.25, -0.2) is 0 Å². The summed E-state index contributed by atoms with van der Waals surface area (Å²) in [6.45, 7) is 1.51. The Morgan fingerprint density at radius 2 is 1.69 bits per heavy atom. The molecule has 5 nitrogen and oxygen atoms in total. The van der Waals surface area contributed by atoms with Gasteiger partial charge in [0.2, 0.25) is 11.8 Å².